The number of carbonyl (C=O) groups excluding carboxylic acids is 2. The van der Waals surface area contributed by atoms with E-state index in [0.717, 1.165) is 4.47 Å². The minimum Gasteiger partial charge on any atom is -0.465 e. The van der Waals surface area contributed by atoms with Crippen LogP contribution < -0.4 is 10.9 Å². The van der Waals surface area contributed by atoms with Crippen LogP contribution >= 0.6 is 15.9 Å². The molecule has 4 rings (SSSR count). The molecule has 3 heterocycles. The van der Waals surface area contributed by atoms with Gasteiger partial charge in [0.15, 0.2) is 0 Å². The number of amides is 1. The van der Waals surface area contributed by atoms with Crippen LogP contribution in [0.4, 0.5) is 5.95 Å². The Morgan fingerprint density at radius 3 is 2.79 bits per heavy atom. The molecule has 2 N–H and O–H groups in total. The summed E-state index contributed by atoms with van der Waals surface area (Å²) in [6.07, 6.45) is 1.22. The number of rotatable bonds is 3. The molecule has 1 aromatic carbocycles. The summed E-state index contributed by atoms with van der Waals surface area (Å²) in [5.74, 6) is -1.22. The summed E-state index contributed by atoms with van der Waals surface area (Å²) in [7, 11) is 1.25. The van der Waals surface area contributed by atoms with E-state index in [0.29, 0.717) is 16.5 Å². The molecule has 0 unspecified atom stereocenters. The molecule has 1 amide bonds. The zero-order chi connectivity index (χ0) is 19.8. The van der Waals surface area contributed by atoms with Gasteiger partial charge in [-0.1, -0.05) is 15.9 Å². The highest BCUT2D eigenvalue weighted by Gasteiger charge is 2.16. The number of methoxy groups -OCH3 is 1. The van der Waals surface area contributed by atoms with Gasteiger partial charge >= 0.3 is 5.97 Å². The highest BCUT2D eigenvalue weighted by Crippen LogP contribution is 2.28. The molecule has 9 nitrogen and oxygen atoms in total. The first-order chi connectivity index (χ1) is 13.5. The molecule has 28 heavy (non-hydrogen) atoms. The van der Waals surface area contributed by atoms with Crippen molar-refractivity contribution in [1.82, 2.24) is 15.0 Å². The monoisotopic (exact) mass is 442 g/mol. The maximum atomic E-state index is 12.4. The van der Waals surface area contributed by atoms with Crippen molar-refractivity contribution < 1.29 is 18.7 Å². The number of ether oxygens (including phenoxy) is 1. The topological polar surface area (TPSA) is 127 Å². The zero-order valence-electron chi connectivity index (χ0n) is 14.3. The molecule has 0 aliphatic rings. The summed E-state index contributed by atoms with van der Waals surface area (Å²) in [4.78, 5) is 46.8. The third-order valence-corrected chi connectivity index (χ3v) is 4.43. The van der Waals surface area contributed by atoms with Gasteiger partial charge < -0.3 is 9.15 Å². The highest BCUT2D eigenvalue weighted by atomic mass is 79.9. The second kappa shape index (κ2) is 6.89. The Morgan fingerprint density at radius 2 is 2.07 bits per heavy atom. The van der Waals surface area contributed by atoms with Crippen LogP contribution in [0.15, 0.2) is 50.2 Å². The molecular weight excluding hydrogens is 432 g/mol. The SMILES string of the molecule is COC(=O)c1ccc(C(=O)Nc2nc3c(oc4ccc(Br)cc43)c(=O)[nH]2)nc1. The number of esters is 1. The van der Waals surface area contributed by atoms with Gasteiger partial charge in [-0.25, -0.2) is 9.78 Å². The lowest BCUT2D eigenvalue weighted by molar-refractivity contribution is 0.0600. The van der Waals surface area contributed by atoms with E-state index >= 15 is 0 Å². The van der Waals surface area contributed by atoms with Crippen LogP contribution in [-0.2, 0) is 4.74 Å². The van der Waals surface area contributed by atoms with Crippen LogP contribution in [0.2, 0.25) is 0 Å². The van der Waals surface area contributed by atoms with Gasteiger partial charge in [0.05, 0.1) is 12.7 Å². The van der Waals surface area contributed by atoms with Crippen molar-refractivity contribution >= 4 is 55.8 Å². The van der Waals surface area contributed by atoms with Crippen LogP contribution in [0.1, 0.15) is 20.8 Å². The Hall–Kier alpha value is -3.53. The van der Waals surface area contributed by atoms with Crippen molar-refractivity contribution in [2.24, 2.45) is 0 Å². The first-order valence-electron chi connectivity index (χ1n) is 7.94. The Bertz CT molecular complexity index is 1290. The number of fused-ring (bicyclic) bond motifs is 3. The molecule has 0 fully saturated rings. The molecule has 0 spiro atoms. The number of halogens is 1. The molecule has 0 aliphatic heterocycles. The maximum absolute atomic E-state index is 12.4. The maximum Gasteiger partial charge on any atom is 0.339 e. The second-order valence-electron chi connectivity index (χ2n) is 5.71. The average Bonchev–Trinajstić information content (AvgIpc) is 3.06. The van der Waals surface area contributed by atoms with Crippen LogP contribution in [0.5, 0.6) is 0 Å². The van der Waals surface area contributed by atoms with E-state index < -0.39 is 17.4 Å². The fourth-order valence-corrected chi connectivity index (χ4v) is 2.98. The van der Waals surface area contributed by atoms with Gasteiger partial charge in [0.25, 0.3) is 11.5 Å². The predicted molar refractivity (Wildman–Crippen MR) is 103 cm³/mol. The first kappa shape index (κ1) is 17.9. The van der Waals surface area contributed by atoms with Crippen molar-refractivity contribution in [3.63, 3.8) is 0 Å². The number of anilines is 1. The smallest absolute Gasteiger partial charge is 0.339 e. The summed E-state index contributed by atoms with van der Waals surface area (Å²) >= 11 is 3.37. The molecule has 3 aromatic heterocycles. The van der Waals surface area contributed by atoms with Crippen LogP contribution in [0, 0.1) is 0 Å². The highest BCUT2D eigenvalue weighted by molar-refractivity contribution is 9.10. The molecule has 0 atom stereocenters. The van der Waals surface area contributed by atoms with Crippen molar-refractivity contribution in [3.8, 4) is 0 Å². The summed E-state index contributed by atoms with van der Waals surface area (Å²) < 4.78 is 10.9. The predicted octanol–water partition coefficient (Wildman–Crippen LogP) is 2.87. The Labute approximate surface area is 164 Å². The number of benzene rings is 1. The zero-order valence-corrected chi connectivity index (χ0v) is 15.9. The average molecular weight is 443 g/mol. The molecule has 0 radical (unpaired) electrons. The third-order valence-electron chi connectivity index (χ3n) is 3.93. The van der Waals surface area contributed by atoms with E-state index in [1.54, 1.807) is 18.2 Å². The van der Waals surface area contributed by atoms with Gasteiger partial charge in [0, 0.05) is 16.1 Å². The van der Waals surface area contributed by atoms with Crippen LogP contribution in [0.3, 0.4) is 0 Å². The van der Waals surface area contributed by atoms with Gasteiger partial charge in [-0.05, 0) is 30.3 Å². The van der Waals surface area contributed by atoms with Crippen molar-refractivity contribution in [2.45, 2.75) is 0 Å². The largest absolute Gasteiger partial charge is 0.465 e. The van der Waals surface area contributed by atoms with Gasteiger partial charge in [-0.3, -0.25) is 24.9 Å². The number of aromatic amines is 1. The number of furan rings is 1. The molecule has 0 saturated carbocycles. The minimum atomic E-state index is -0.604. The molecule has 4 aromatic rings. The van der Waals surface area contributed by atoms with E-state index in [4.69, 9.17) is 4.42 Å². The quantitative estimate of drug-likeness (QED) is 0.466. The molecule has 0 saturated heterocycles. The molecule has 0 aliphatic carbocycles. The number of pyridine rings is 1. The summed E-state index contributed by atoms with van der Waals surface area (Å²) in [6.45, 7) is 0. The van der Waals surface area contributed by atoms with Gasteiger partial charge in [-0.2, -0.15) is 0 Å². The van der Waals surface area contributed by atoms with Gasteiger partial charge in [-0.15, -0.1) is 0 Å². The van der Waals surface area contributed by atoms with Gasteiger partial charge in [0.2, 0.25) is 11.5 Å². The normalized spacial score (nSPS) is 10.9. The van der Waals surface area contributed by atoms with Gasteiger partial charge in [0.1, 0.15) is 16.8 Å². The summed E-state index contributed by atoms with van der Waals surface area (Å²) in [6, 6.07) is 8.04. The summed E-state index contributed by atoms with van der Waals surface area (Å²) in [5.41, 5.74) is 0.606. The van der Waals surface area contributed by atoms with E-state index in [1.807, 2.05) is 0 Å². The second-order valence-corrected chi connectivity index (χ2v) is 6.63. The lowest BCUT2D eigenvalue weighted by atomic mass is 10.2. The van der Waals surface area contributed by atoms with E-state index in [-0.39, 0.29) is 22.8 Å². The minimum absolute atomic E-state index is 0.0372. The van der Waals surface area contributed by atoms with Crippen LogP contribution in [-0.4, -0.2) is 33.9 Å². The molecular formula is C18H11BrN4O5. The number of nitrogens with zero attached hydrogens (tertiary/aromatic N) is 2. The van der Waals surface area contributed by atoms with Crippen molar-refractivity contribution in [3.05, 3.63) is 62.6 Å². The summed E-state index contributed by atoms with van der Waals surface area (Å²) in [5, 5.41) is 3.12. The number of nitrogens with one attached hydrogen (secondary N) is 2. The fourth-order valence-electron chi connectivity index (χ4n) is 2.62. The standard InChI is InChI=1S/C18H11BrN4O5/c1-27-17(26)8-2-4-11(20-7-8)15(24)22-18-21-13-10-6-9(19)3-5-12(10)28-14(13)16(25)23-18/h2-7H,1H3,(H2,21,22,23,24,25). The third kappa shape index (κ3) is 3.14. The Balaban J connectivity index is 1.68. The van der Waals surface area contributed by atoms with E-state index in [1.165, 1.54) is 25.4 Å². The lowest BCUT2D eigenvalue weighted by Gasteiger charge is -2.04. The first-order valence-corrected chi connectivity index (χ1v) is 8.73. The number of hydrogen-bond acceptors (Lipinski definition) is 7. The van der Waals surface area contributed by atoms with Crippen LogP contribution in [0.25, 0.3) is 22.1 Å². The van der Waals surface area contributed by atoms with Crippen molar-refractivity contribution in [1.29, 1.82) is 0 Å². The number of H-pyrrole nitrogens is 1. The number of carbonyl (C=O) groups is 2. The Morgan fingerprint density at radius 1 is 1.25 bits per heavy atom. The van der Waals surface area contributed by atoms with E-state index in [9.17, 15) is 14.4 Å². The molecule has 140 valence electrons. The number of hydrogen-bond donors (Lipinski definition) is 2. The fraction of sp³-hybridized carbons (Fsp3) is 0.0556. The van der Waals surface area contributed by atoms with E-state index in [2.05, 4.69) is 40.9 Å². The van der Waals surface area contributed by atoms with Crippen molar-refractivity contribution in [2.75, 3.05) is 12.4 Å². The molecule has 10 heteroatoms. The number of aromatic nitrogens is 3. The Kier molecular flexibility index (Phi) is 4.40. The molecule has 0 bridgehead atoms. The lowest BCUT2D eigenvalue weighted by Crippen LogP contribution is -2.19.